The number of methoxy groups -OCH3 is 2. The number of nitrogens with one attached hydrogen (secondary N) is 1. The van der Waals surface area contributed by atoms with Crippen molar-refractivity contribution >= 4 is 11.6 Å². The monoisotopic (exact) mass is 306 g/mol. The van der Waals surface area contributed by atoms with Crippen molar-refractivity contribution in [3.05, 3.63) is 64.7 Å². The van der Waals surface area contributed by atoms with Crippen LogP contribution in [0.5, 0.6) is 5.75 Å². The molecule has 0 radical (unpaired) electrons. The van der Waals surface area contributed by atoms with Gasteiger partial charge < -0.3 is 9.47 Å². The number of hydrogen-bond donors (Lipinski definition) is 2. The van der Waals surface area contributed by atoms with Gasteiger partial charge >= 0.3 is 0 Å². The Kier molecular flexibility index (Phi) is 5.59. The van der Waals surface area contributed by atoms with E-state index in [-0.39, 0.29) is 12.1 Å². The molecule has 0 aliphatic carbocycles. The molecule has 0 heterocycles. The van der Waals surface area contributed by atoms with Crippen LogP contribution in [0.4, 0.5) is 0 Å². The van der Waals surface area contributed by atoms with Crippen LogP contribution in [-0.4, -0.2) is 14.2 Å². The van der Waals surface area contributed by atoms with E-state index in [1.165, 1.54) is 0 Å². The minimum Gasteiger partial charge on any atom is -0.495 e. The molecule has 5 heteroatoms. The lowest BCUT2D eigenvalue weighted by atomic mass is 9.96. The minimum atomic E-state index is -0.220. The molecule has 2 atom stereocenters. The van der Waals surface area contributed by atoms with Crippen molar-refractivity contribution in [1.29, 1.82) is 0 Å². The summed E-state index contributed by atoms with van der Waals surface area (Å²) in [5, 5.41) is 0.561. The van der Waals surface area contributed by atoms with Gasteiger partial charge in [0, 0.05) is 7.11 Å². The number of rotatable bonds is 6. The molecule has 0 aliphatic rings. The number of hydrogen-bond acceptors (Lipinski definition) is 4. The van der Waals surface area contributed by atoms with Gasteiger partial charge in [0.05, 0.1) is 18.2 Å². The van der Waals surface area contributed by atoms with E-state index < -0.39 is 0 Å². The fourth-order valence-corrected chi connectivity index (χ4v) is 2.53. The lowest BCUT2D eigenvalue weighted by Crippen LogP contribution is -2.33. The predicted molar refractivity (Wildman–Crippen MR) is 84.3 cm³/mol. The highest BCUT2D eigenvalue weighted by molar-refractivity contribution is 6.32. The predicted octanol–water partition coefficient (Wildman–Crippen LogP) is 3.24. The van der Waals surface area contributed by atoms with Gasteiger partial charge in [0.1, 0.15) is 11.9 Å². The van der Waals surface area contributed by atoms with Crippen LogP contribution < -0.4 is 16.0 Å². The van der Waals surface area contributed by atoms with Crippen LogP contribution in [-0.2, 0) is 4.74 Å². The normalized spacial score (nSPS) is 13.7. The van der Waals surface area contributed by atoms with Crippen LogP contribution >= 0.6 is 11.6 Å². The zero-order chi connectivity index (χ0) is 15.2. The average molecular weight is 307 g/mol. The van der Waals surface area contributed by atoms with Crippen LogP contribution in [0.25, 0.3) is 0 Å². The summed E-state index contributed by atoms with van der Waals surface area (Å²) >= 11 is 6.07. The number of nitrogens with two attached hydrogens (primary N) is 1. The summed E-state index contributed by atoms with van der Waals surface area (Å²) < 4.78 is 10.9. The third-order valence-electron chi connectivity index (χ3n) is 3.40. The quantitative estimate of drug-likeness (QED) is 0.635. The molecule has 0 amide bonds. The molecule has 2 aromatic carbocycles. The number of ether oxygens (including phenoxy) is 2. The fraction of sp³-hybridized carbons (Fsp3) is 0.250. The highest BCUT2D eigenvalue weighted by Crippen LogP contribution is 2.34. The van der Waals surface area contributed by atoms with E-state index in [9.17, 15) is 0 Å². The highest BCUT2D eigenvalue weighted by Gasteiger charge is 2.24. The van der Waals surface area contributed by atoms with E-state index in [2.05, 4.69) is 5.43 Å². The molecule has 112 valence electrons. The van der Waals surface area contributed by atoms with Gasteiger partial charge in [-0.25, -0.2) is 5.43 Å². The fourth-order valence-electron chi connectivity index (χ4n) is 2.34. The Hall–Kier alpha value is -1.59. The first-order chi connectivity index (χ1) is 10.2. The molecule has 2 rings (SSSR count). The Morgan fingerprint density at radius 3 is 2.33 bits per heavy atom. The second-order valence-corrected chi connectivity index (χ2v) is 5.01. The lowest BCUT2D eigenvalue weighted by Gasteiger charge is -2.26. The Labute approximate surface area is 129 Å². The van der Waals surface area contributed by atoms with Gasteiger partial charge in [-0.15, -0.1) is 0 Å². The maximum absolute atomic E-state index is 6.07. The Balaban J connectivity index is 2.38. The van der Waals surface area contributed by atoms with E-state index in [4.69, 9.17) is 26.9 Å². The van der Waals surface area contributed by atoms with E-state index in [0.717, 1.165) is 11.1 Å². The average Bonchev–Trinajstić information content (AvgIpc) is 2.54. The first kappa shape index (κ1) is 15.8. The Morgan fingerprint density at radius 2 is 1.76 bits per heavy atom. The number of benzene rings is 2. The van der Waals surface area contributed by atoms with Gasteiger partial charge in [0.15, 0.2) is 0 Å². The first-order valence-electron chi connectivity index (χ1n) is 6.58. The van der Waals surface area contributed by atoms with E-state index >= 15 is 0 Å². The van der Waals surface area contributed by atoms with Crippen molar-refractivity contribution < 1.29 is 9.47 Å². The van der Waals surface area contributed by atoms with Crippen molar-refractivity contribution in [2.45, 2.75) is 12.1 Å². The van der Waals surface area contributed by atoms with Crippen LogP contribution in [0.15, 0.2) is 48.5 Å². The topological polar surface area (TPSA) is 56.5 Å². The van der Waals surface area contributed by atoms with Crippen molar-refractivity contribution in [3.63, 3.8) is 0 Å². The lowest BCUT2D eigenvalue weighted by molar-refractivity contribution is 0.0675. The zero-order valence-electron chi connectivity index (χ0n) is 12.0. The maximum atomic E-state index is 6.07. The van der Waals surface area contributed by atoms with Crippen LogP contribution in [0.1, 0.15) is 23.3 Å². The van der Waals surface area contributed by atoms with Gasteiger partial charge in [-0.1, -0.05) is 48.0 Å². The molecule has 2 aromatic rings. The molecule has 0 fully saturated rings. The highest BCUT2D eigenvalue weighted by atomic mass is 35.5. The third-order valence-corrected chi connectivity index (χ3v) is 3.71. The Bertz CT molecular complexity index is 578. The van der Waals surface area contributed by atoms with E-state index in [1.807, 2.05) is 42.5 Å². The molecule has 21 heavy (non-hydrogen) atoms. The molecular formula is C16H19ClN2O2. The van der Waals surface area contributed by atoms with Crippen LogP contribution in [0, 0.1) is 0 Å². The molecule has 0 bridgehead atoms. The largest absolute Gasteiger partial charge is 0.495 e. The van der Waals surface area contributed by atoms with Gasteiger partial charge in [0.2, 0.25) is 0 Å². The summed E-state index contributed by atoms with van der Waals surface area (Å²) in [7, 11) is 3.25. The summed E-state index contributed by atoms with van der Waals surface area (Å²) in [6, 6.07) is 15.3. The molecule has 0 spiro atoms. The Morgan fingerprint density at radius 1 is 1.05 bits per heavy atom. The van der Waals surface area contributed by atoms with Crippen molar-refractivity contribution in [2.75, 3.05) is 14.2 Å². The molecule has 0 saturated heterocycles. The SMILES string of the molecule is COc1cc(C(NN)C(OC)c2ccccc2)ccc1Cl. The number of halogens is 1. The van der Waals surface area contributed by atoms with Gasteiger partial charge in [-0.2, -0.15) is 0 Å². The van der Waals surface area contributed by atoms with Crippen molar-refractivity contribution in [3.8, 4) is 5.75 Å². The standard InChI is InChI=1S/C16H19ClN2O2/c1-20-14-10-12(8-9-13(14)17)15(19-18)16(21-2)11-6-4-3-5-7-11/h3-10,15-16,19H,18H2,1-2H3. The zero-order valence-corrected chi connectivity index (χ0v) is 12.8. The van der Waals surface area contributed by atoms with Crippen molar-refractivity contribution in [1.82, 2.24) is 5.43 Å². The second kappa shape index (κ2) is 7.43. The summed E-state index contributed by atoms with van der Waals surface area (Å²) in [5.74, 6) is 6.35. The summed E-state index contributed by atoms with van der Waals surface area (Å²) in [4.78, 5) is 0. The van der Waals surface area contributed by atoms with Gasteiger partial charge in [0.25, 0.3) is 0 Å². The number of hydrazine groups is 1. The third kappa shape index (κ3) is 3.54. The van der Waals surface area contributed by atoms with Crippen LogP contribution in [0.3, 0.4) is 0 Å². The molecular weight excluding hydrogens is 288 g/mol. The molecule has 0 aliphatic heterocycles. The van der Waals surface area contributed by atoms with E-state index in [0.29, 0.717) is 10.8 Å². The molecule has 4 nitrogen and oxygen atoms in total. The second-order valence-electron chi connectivity index (χ2n) is 4.61. The van der Waals surface area contributed by atoms with Gasteiger partial charge in [-0.05, 0) is 23.3 Å². The summed E-state index contributed by atoms with van der Waals surface area (Å²) in [6.07, 6.45) is -0.220. The molecule has 3 N–H and O–H groups in total. The molecule has 0 saturated carbocycles. The smallest absolute Gasteiger partial charge is 0.137 e. The summed E-state index contributed by atoms with van der Waals surface area (Å²) in [6.45, 7) is 0. The molecule has 0 aromatic heterocycles. The van der Waals surface area contributed by atoms with Crippen LogP contribution in [0.2, 0.25) is 5.02 Å². The van der Waals surface area contributed by atoms with Gasteiger partial charge in [-0.3, -0.25) is 5.84 Å². The minimum absolute atomic E-state index is 0.219. The van der Waals surface area contributed by atoms with E-state index in [1.54, 1.807) is 20.3 Å². The first-order valence-corrected chi connectivity index (χ1v) is 6.96. The maximum Gasteiger partial charge on any atom is 0.137 e. The molecule has 2 unspecified atom stereocenters. The summed E-state index contributed by atoms with van der Waals surface area (Å²) in [5.41, 5.74) is 4.79. The van der Waals surface area contributed by atoms with Crippen molar-refractivity contribution in [2.24, 2.45) is 5.84 Å².